The van der Waals surface area contributed by atoms with Gasteiger partial charge in [0.15, 0.2) is 17.3 Å². The molecule has 1 aromatic heterocycles. The first kappa shape index (κ1) is 14.7. The fraction of sp³-hybridized carbons (Fsp3) is 0.0588. The summed E-state index contributed by atoms with van der Waals surface area (Å²) in [4.78, 5) is 4.36. The average Bonchev–Trinajstić information content (AvgIpc) is 3.10. The van der Waals surface area contributed by atoms with Gasteiger partial charge in [-0.1, -0.05) is 6.07 Å². The molecule has 122 valence electrons. The molecule has 2 N–H and O–H groups in total. The average molecular weight is 332 g/mol. The monoisotopic (exact) mass is 332 g/mol. The zero-order chi connectivity index (χ0) is 17.1. The van der Waals surface area contributed by atoms with Crippen molar-refractivity contribution in [2.45, 2.75) is 0 Å². The molecule has 0 unspecified atom stereocenters. The highest BCUT2D eigenvalue weighted by Crippen LogP contribution is 2.34. The zero-order valence-electron chi connectivity index (χ0n) is 12.9. The lowest BCUT2D eigenvalue weighted by Gasteiger charge is -2.08. The standard InChI is InChI=1S/C17H12N6O2/c18-8-11-2-1-3-12(6-11)21-17-22-16(9-19-23-17)20-13-4-5-14-15(7-13)25-10-24-14/h1-7,9H,10H2,(H2,20,21,22,23). The topological polar surface area (TPSA) is 105 Å². The highest BCUT2D eigenvalue weighted by atomic mass is 16.7. The second kappa shape index (κ2) is 6.33. The van der Waals surface area contributed by atoms with Crippen molar-refractivity contribution in [2.24, 2.45) is 0 Å². The first-order chi connectivity index (χ1) is 12.3. The molecule has 2 heterocycles. The van der Waals surface area contributed by atoms with Crippen molar-refractivity contribution >= 4 is 23.1 Å². The van der Waals surface area contributed by atoms with Gasteiger partial charge < -0.3 is 20.1 Å². The Bertz CT molecular complexity index is 969. The molecule has 1 aliphatic heterocycles. The van der Waals surface area contributed by atoms with Crippen molar-refractivity contribution in [1.82, 2.24) is 15.2 Å². The van der Waals surface area contributed by atoms with E-state index in [-0.39, 0.29) is 6.79 Å². The van der Waals surface area contributed by atoms with E-state index in [1.165, 1.54) is 6.20 Å². The lowest BCUT2D eigenvalue weighted by molar-refractivity contribution is 0.174. The van der Waals surface area contributed by atoms with Crippen molar-refractivity contribution in [3.05, 3.63) is 54.2 Å². The number of fused-ring (bicyclic) bond motifs is 1. The van der Waals surface area contributed by atoms with E-state index in [1.807, 2.05) is 24.3 Å². The number of nitrogens with one attached hydrogen (secondary N) is 2. The van der Waals surface area contributed by atoms with Gasteiger partial charge in [-0.2, -0.15) is 15.3 Å². The summed E-state index contributed by atoms with van der Waals surface area (Å²) in [6, 6.07) is 14.6. The number of hydrogen-bond acceptors (Lipinski definition) is 8. The number of nitrogens with zero attached hydrogens (tertiary/aromatic N) is 4. The Morgan fingerprint density at radius 3 is 2.80 bits per heavy atom. The Kier molecular flexibility index (Phi) is 3.73. The van der Waals surface area contributed by atoms with Crippen molar-refractivity contribution < 1.29 is 9.47 Å². The molecule has 0 atom stereocenters. The number of ether oxygens (including phenoxy) is 2. The number of aromatic nitrogens is 3. The Labute approximate surface area is 143 Å². The van der Waals surface area contributed by atoms with Crippen LogP contribution >= 0.6 is 0 Å². The molecule has 25 heavy (non-hydrogen) atoms. The molecule has 4 rings (SSSR count). The Morgan fingerprint density at radius 1 is 1.00 bits per heavy atom. The van der Waals surface area contributed by atoms with E-state index in [0.29, 0.717) is 34.5 Å². The van der Waals surface area contributed by atoms with Crippen LogP contribution < -0.4 is 20.1 Å². The fourth-order valence-corrected chi connectivity index (χ4v) is 2.33. The number of hydrogen-bond donors (Lipinski definition) is 2. The Balaban J connectivity index is 1.52. The summed E-state index contributed by atoms with van der Waals surface area (Å²) in [5.74, 6) is 2.23. The van der Waals surface area contributed by atoms with Gasteiger partial charge in [0.05, 0.1) is 17.8 Å². The molecule has 0 amide bonds. The van der Waals surface area contributed by atoms with Gasteiger partial charge in [-0.25, -0.2) is 0 Å². The minimum atomic E-state index is 0.226. The van der Waals surface area contributed by atoms with Gasteiger partial charge in [-0.05, 0) is 30.3 Å². The summed E-state index contributed by atoms with van der Waals surface area (Å²) < 4.78 is 10.6. The summed E-state index contributed by atoms with van der Waals surface area (Å²) >= 11 is 0. The second-order valence-corrected chi connectivity index (χ2v) is 5.18. The molecule has 1 aliphatic rings. The van der Waals surface area contributed by atoms with Gasteiger partial charge in [-0.15, -0.1) is 5.10 Å². The summed E-state index contributed by atoms with van der Waals surface area (Å²) in [5.41, 5.74) is 2.05. The molecule has 0 fully saturated rings. The summed E-state index contributed by atoms with van der Waals surface area (Å²) in [7, 11) is 0. The molecule has 8 heteroatoms. The maximum absolute atomic E-state index is 8.95. The van der Waals surface area contributed by atoms with Gasteiger partial charge in [0.1, 0.15) is 0 Å². The van der Waals surface area contributed by atoms with Crippen LogP contribution in [-0.2, 0) is 0 Å². The first-order valence-electron chi connectivity index (χ1n) is 7.44. The van der Waals surface area contributed by atoms with Crippen molar-refractivity contribution in [2.75, 3.05) is 17.4 Å². The molecular weight excluding hydrogens is 320 g/mol. The molecule has 0 spiro atoms. The van der Waals surface area contributed by atoms with E-state index in [4.69, 9.17) is 14.7 Å². The first-order valence-corrected chi connectivity index (χ1v) is 7.44. The van der Waals surface area contributed by atoms with E-state index in [2.05, 4.69) is 31.9 Å². The van der Waals surface area contributed by atoms with E-state index < -0.39 is 0 Å². The third-order valence-electron chi connectivity index (χ3n) is 3.45. The summed E-state index contributed by atoms with van der Waals surface area (Å²) in [5, 5.41) is 23.0. The van der Waals surface area contributed by atoms with Crippen LogP contribution in [0.15, 0.2) is 48.7 Å². The minimum Gasteiger partial charge on any atom is -0.454 e. The Morgan fingerprint density at radius 2 is 1.88 bits per heavy atom. The Hall–Kier alpha value is -3.86. The molecule has 2 aromatic carbocycles. The molecular formula is C17H12N6O2. The number of nitriles is 1. The lowest BCUT2D eigenvalue weighted by atomic mass is 10.2. The van der Waals surface area contributed by atoms with E-state index in [0.717, 1.165) is 5.69 Å². The maximum Gasteiger partial charge on any atom is 0.249 e. The summed E-state index contributed by atoms with van der Waals surface area (Å²) in [6.07, 6.45) is 1.52. The van der Waals surface area contributed by atoms with Crippen LogP contribution in [0.5, 0.6) is 11.5 Å². The molecule has 0 saturated carbocycles. The third-order valence-corrected chi connectivity index (χ3v) is 3.45. The van der Waals surface area contributed by atoms with Gasteiger partial charge >= 0.3 is 0 Å². The predicted octanol–water partition coefficient (Wildman–Crippen LogP) is 2.96. The van der Waals surface area contributed by atoms with Crippen LogP contribution in [-0.4, -0.2) is 22.0 Å². The quantitative estimate of drug-likeness (QED) is 0.751. The largest absolute Gasteiger partial charge is 0.454 e. The van der Waals surface area contributed by atoms with E-state index in [9.17, 15) is 0 Å². The number of rotatable bonds is 4. The normalized spacial score (nSPS) is 11.6. The molecule has 0 bridgehead atoms. The van der Waals surface area contributed by atoms with Gasteiger partial charge in [0.2, 0.25) is 12.7 Å². The summed E-state index contributed by atoms with van der Waals surface area (Å²) in [6.45, 7) is 0.226. The predicted molar refractivity (Wildman–Crippen MR) is 90.1 cm³/mol. The zero-order valence-corrected chi connectivity index (χ0v) is 12.9. The second-order valence-electron chi connectivity index (χ2n) is 5.18. The van der Waals surface area contributed by atoms with E-state index in [1.54, 1.807) is 18.2 Å². The smallest absolute Gasteiger partial charge is 0.249 e. The van der Waals surface area contributed by atoms with Crippen LogP contribution in [0.3, 0.4) is 0 Å². The molecule has 0 radical (unpaired) electrons. The minimum absolute atomic E-state index is 0.226. The van der Waals surface area contributed by atoms with E-state index >= 15 is 0 Å². The van der Waals surface area contributed by atoms with Crippen LogP contribution in [0.1, 0.15) is 5.56 Å². The highest BCUT2D eigenvalue weighted by molar-refractivity contribution is 5.63. The SMILES string of the molecule is N#Cc1cccc(Nc2nncc(Nc3ccc4c(c3)OCO4)n2)c1. The number of anilines is 4. The van der Waals surface area contributed by atoms with Gasteiger partial charge in [0.25, 0.3) is 0 Å². The highest BCUT2D eigenvalue weighted by Gasteiger charge is 2.13. The van der Waals surface area contributed by atoms with Gasteiger partial charge in [-0.3, -0.25) is 0 Å². The third kappa shape index (κ3) is 3.25. The van der Waals surface area contributed by atoms with Crippen LogP contribution in [0, 0.1) is 11.3 Å². The van der Waals surface area contributed by atoms with Crippen molar-refractivity contribution in [3.8, 4) is 17.6 Å². The van der Waals surface area contributed by atoms with Crippen LogP contribution in [0.2, 0.25) is 0 Å². The van der Waals surface area contributed by atoms with Crippen LogP contribution in [0.25, 0.3) is 0 Å². The van der Waals surface area contributed by atoms with Crippen LogP contribution in [0.4, 0.5) is 23.1 Å². The lowest BCUT2D eigenvalue weighted by Crippen LogP contribution is -2.02. The van der Waals surface area contributed by atoms with Crippen molar-refractivity contribution in [3.63, 3.8) is 0 Å². The molecule has 3 aromatic rings. The molecule has 0 saturated heterocycles. The molecule has 8 nitrogen and oxygen atoms in total. The van der Waals surface area contributed by atoms with Crippen molar-refractivity contribution in [1.29, 1.82) is 5.26 Å². The van der Waals surface area contributed by atoms with Gasteiger partial charge in [0, 0.05) is 17.4 Å². The maximum atomic E-state index is 8.95. The number of benzene rings is 2. The fourth-order valence-electron chi connectivity index (χ4n) is 2.33. The molecule has 0 aliphatic carbocycles.